The molecule has 0 fully saturated rings. The van der Waals surface area contributed by atoms with Crippen LogP contribution in [0, 0.1) is 6.92 Å². The highest BCUT2D eigenvalue weighted by Crippen LogP contribution is 2.30. The van der Waals surface area contributed by atoms with Gasteiger partial charge in [-0.05, 0) is 41.8 Å². The van der Waals surface area contributed by atoms with E-state index in [9.17, 15) is 9.90 Å². The molecule has 0 saturated heterocycles. The van der Waals surface area contributed by atoms with Gasteiger partial charge in [-0.3, -0.25) is 0 Å². The predicted octanol–water partition coefficient (Wildman–Crippen LogP) is 3.78. The summed E-state index contributed by atoms with van der Waals surface area (Å²) in [4.78, 5) is 22.8. The van der Waals surface area contributed by atoms with Crippen LogP contribution < -0.4 is 0 Å². The number of carboxylic acids is 1. The topological polar surface area (TPSA) is 78.9 Å². The highest BCUT2D eigenvalue weighted by atomic mass is 16.4. The Hall–Kier alpha value is -3.21. The molecule has 4 aromatic rings. The first-order valence-corrected chi connectivity index (χ1v) is 7.19. The summed E-state index contributed by atoms with van der Waals surface area (Å²) in [5, 5.41) is 11.2. The van der Waals surface area contributed by atoms with E-state index in [0.717, 1.165) is 38.6 Å². The summed E-state index contributed by atoms with van der Waals surface area (Å²) < 4.78 is 0. The lowest BCUT2D eigenvalue weighted by atomic mass is 9.97. The molecule has 0 aliphatic rings. The van der Waals surface area contributed by atoms with Crippen molar-refractivity contribution in [2.45, 2.75) is 6.92 Å². The second-order valence-corrected chi connectivity index (χ2v) is 5.51. The summed E-state index contributed by atoms with van der Waals surface area (Å²) in [7, 11) is 0. The molecule has 2 aromatic heterocycles. The fourth-order valence-corrected chi connectivity index (χ4v) is 2.87. The number of fused-ring (bicyclic) bond motifs is 3. The second kappa shape index (κ2) is 4.91. The van der Waals surface area contributed by atoms with Crippen molar-refractivity contribution < 1.29 is 9.90 Å². The lowest BCUT2D eigenvalue weighted by Gasteiger charge is -2.08. The normalized spacial score (nSPS) is 11.2. The molecule has 2 heterocycles. The van der Waals surface area contributed by atoms with Crippen LogP contribution >= 0.6 is 0 Å². The Bertz CT molecular complexity index is 1070. The third-order valence-corrected chi connectivity index (χ3v) is 4.07. The molecule has 0 bridgehead atoms. The highest BCUT2D eigenvalue weighted by molar-refractivity contribution is 6.06. The molecule has 2 aromatic carbocycles. The molecule has 5 nitrogen and oxygen atoms in total. The van der Waals surface area contributed by atoms with Crippen LogP contribution in [-0.2, 0) is 0 Å². The minimum atomic E-state index is -0.923. The average molecular weight is 303 g/mol. The number of hydrogen-bond acceptors (Lipinski definition) is 3. The largest absolute Gasteiger partial charge is 0.478 e. The van der Waals surface area contributed by atoms with Crippen LogP contribution in [0.3, 0.4) is 0 Å². The van der Waals surface area contributed by atoms with Crippen LogP contribution in [0.5, 0.6) is 0 Å². The number of benzene rings is 2. The van der Waals surface area contributed by atoms with E-state index in [1.165, 1.54) is 6.33 Å². The summed E-state index contributed by atoms with van der Waals surface area (Å²) in [6.07, 6.45) is 3.30. The quantitative estimate of drug-likeness (QED) is 0.590. The SMILES string of the molecule is Cc1ccc(C(=O)O)cc1-c1ccc2c(c1)[nH]c1ncncc12. The summed E-state index contributed by atoms with van der Waals surface area (Å²) >= 11 is 0. The molecule has 0 unspecified atom stereocenters. The molecular formula is C18H13N3O2. The third-order valence-electron chi connectivity index (χ3n) is 4.07. The number of rotatable bonds is 2. The molecule has 0 amide bonds. The van der Waals surface area contributed by atoms with E-state index in [2.05, 4.69) is 15.0 Å². The molecule has 0 aliphatic carbocycles. The lowest BCUT2D eigenvalue weighted by molar-refractivity contribution is 0.0697. The van der Waals surface area contributed by atoms with Crippen molar-refractivity contribution in [2.75, 3.05) is 0 Å². The maximum absolute atomic E-state index is 11.2. The molecule has 0 saturated carbocycles. The standard InChI is InChI=1S/C18H13N3O2/c1-10-2-3-12(18(22)23)6-14(10)11-4-5-13-15-8-19-9-20-17(15)21-16(13)7-11/h2-9H,1H3,(H,22,23)(H,19,20,21). The number of carboxylic acid groups (broad SMARTS) is 1. The maximum atomic E-state index is 11.2. The van der Waals surface area contributed by atoms with Crippen molar-refractivity contribution in [3.05, 3.63) is 60.0 Å². The monoisotopic (exact) mass is 303 g/mol. The number of aromatic nitrogens is 3. The highest BCUT2D eigenvalue weighted by Gasteiger charge is 2.10. The Morgan fingerprint density at radius 1 is 1.13 bits per heavy atom. The van der Waals surface area contributed by atoms with Gasteiger partial charge in [-0.15, -0.1) is 0 Å². The number of nitrogens with zero attached hydrogens (tertiary/aromatic N) is 2. The van der Waals surface area contributed by atoms with Crippen LogP contribution in [0.15, 0.2) is 48.9 Å². The number of H-pyrrole nitrogens is 1. The fourth-order valence-electron chi connectivity index (χ4n) is 2.87. The van der Waals surface area contributed by atoms with Gasteiger partial charge in [0.25, 0.3) is 0 Å². The number of carbonyl (C=O) groups is 1. The summed E-state index contributed by atoms with van der Waals surface area (Å²) in [6.45, 7) is 1.97. The zero-order chi connectivity index (χ0) is 16.0. The van der Waals surface area contributed by atoms with Crippen LogP contribution in [0.4, 0.5) is 0 Å². The van der Waals surface area contributed by atoms with E-state index < -0.39 is 5.97 Å². The average Bonchev–Trinajstić information content (AvgIpc) is 2.92. The Morgan fingerprint density at radius 2 is 2.00 bits per heavy atom. The Kier molecular flexibility index (Phi) is 2.87. The van der Waals surface area contributed by atoms with Crippen molar-refractivity contribution in [3.63, 3.8) is 0 Å². The van der Waals surface area contributed by atoms with Crippen molar-refractivity contribution >= 4 is 27.9 Å². The predicted molar refractivity (Wildman–Crippen MR) is 88.5 cm³/mol. The maximum Gasteiger partial charge on any atom is 0.335 e. The second-order valence-electron chi connectivity index (χ2n) is 5.51. The number of aromatic amines is 1. The Balaban J connectivity index is 1.94. The van der Waals surface area contributed by atoms with Gasteiger partial charge in [-0.25, -0.2) is 14.8 Å². The van der Waals surface area contributed by atoms with Gasteiger partial charge >= 0.3 is 5.97 Å². The first-order chi connectivity index (χ1) is 11.1. The molecule has 5 heteroatoms. The summed E-state index contributed by atoms with van der Waals surface area (Å²) in [6, 6.07) is 11.2. The van der Waals surface area contributed by atoms with E-state index in [1.807, 2.05) is 31.2 Å². The van der Waals surface area contributed by atoms with Crippen LogP contribution in [-0.4, -0.2) is 26.0 Å². The number of nitrogens with one attached hydrogen (secondary N) is 1. The van der Waals surface area contributed by atoms with Gasteiger partial charge in [0.15, 0.2) is 0 Å². The molecule has 0 spiro atoms. The molecule has 0 atom stereocenters. The van der Waals surface area contributed by atoms with Gasteiger partial charge in [0.05, 0.1) is 5.56 Å². The van der Waals surface area contributed by atoms with Crippen LogP contribution in [0.2, 0.25) is 0 Å². The van der Waals surface area contributed by atoms with E-state index in [1.54, 1.807) is 18.3 Å². The Morgan fingerprint density at radius 3 is 2.83 bits per heavy atom. The lowest BCUT2D eigenvalue weighted by Crippen LogP contribution is -1.97. The molecule has 112 valence electrons. The van der Waals surface area contributed by atoms with Gasteiger partial charge in [-0.1, -0.05) is 18.2 Å². The molecule has 4 rings (SSSR count). The van der Waals surface area contributed by atoms with Crippen LogP contribution in [0.1, 0.15) is 15.9 Å². The first-order valence-electron chi connectivity index (χ1n) is 7.19. The summed E-state index contributed by atoms with van der Waals surface area (Å²) in [5.74, 6) is -0.923. The van der Waals surface area contributed by atoms with E-state index in [-0.39, 0.29) is 5.56 Å². The summed E-state index contributed by atoms with van der Waals surface area (Å²) in [5.41, 5.74) is 4.95. The molecular weight excluding hydrogens is 290 g/mol. The minimum absolute atomic E-state index is 0.285. The van der Waals surface area contributed by atoms with E-state index >= 15 is 0 Å². The molecule has 0 radical (unpaired) electrons. The smallest absolute Gasteiger partial charge is 0.335 e. The van der Waals surface area contributed by atoms with Crippen molar-refractivity contribution in [2.24, 2.45) is 0 Å². The van der Waals surface area contributed by atoms with Gasteiger partial charge in [0, 0.05) is 22.5 Å². The fraction of sp³-hybridized carbons (Fsp3) is 0.0556. The molecule has 2 N–H and O–H groups in total. The van der Waals surface area contributed by atoms with Crippen molar-refractivity contribution in [1.29, 1.82) is 0 Å². The van der Waals surface area contributed by atoms with Gasteiger partial charge in [-0.2, -0.15) is 0 Å². The number of aryl methyl sites for hydroxylation is 1. The zero-order valence-electron chi connectivity index (χ0n) is 12.4. The van der Waals surface area contributed by atoms with Crippen molar-refractivity contribution in [1.82, 2.24) is 15.0 Å². The van der Waals surface area contributed by atoms with E-state index in [4.69, 9.17) is 0 Å². The van der Waals surface area contributed by atoms with Gasteiger partial charge < -0.3 is 10.1 Å². The van der Waals surface area contributed by atoms with Crippen LogP contribution in [0.25, 0.3) is 33.1 Å². The Labute approximate surface area is 131 Å². The number of aromatic carboxylic acids is 1. The van der Waals surface area contributed by atoms with E-state index in [0.29, 0.717) is 0 Å². The minimum Gasteiger partial charge on any atom is -0.478 e. The molecule has 23 heavy (non-hydrogen) atoms. The van der Waals surface area contributed by atoms with Gasteiger partial charge in [0.2, 0.25) is 0 Å². The third kappa shape index (κ3) is 2.14. The van der Waals surface area contributed by atoms with Crippen molar-refractivity contribution in [3.8, 4) is 11.1 Å². The first kappa shape index (κ1) is 13.5. The van der Waals surface area contributed by atoms with Gasteiger partial charge in [0.1, 0.15) is 12.0 Å². The zero-order valence-corrected chi connectivity index (χ0v) is 12.4. The number of hydrogen-bond donors (Lipinski definition) is 2. The molecule has 0 aliphatic heterocycles.